The number of hydrogen-bond acceptors (Lipinski definition) is 0. The molecule has 0 aromatic rings. The fraction of sp³-hybridized carbons (Fsp3) is 0.357. The van der Waals surface area contributed by atoms with Gasteiger partial charge in [0, 0.05) is 0 Å². The van der Waals surface area contributed by atoms with Crippen molar-refractivity contribution in [2.24, 2.45) is 0 Å². The Hall–Kier alpha value is 0.124. The van der Waals surface area contributed by atoms with Crippen molar-refractivity contribution in [2.75, 3.05) is 0 Å². The van der Waals surface area contributed by atoms with Crippen LogP contribution in [0, 0.1) is 0 Å². The van der Waals surface area contributed by atoms with Crippen LogP contribution in [-0.2, 0) is 17.4 Å². The molecule has 3 heteroatoms. The van der Waals surface area contributed by atoms with E-state index in [2.05, 4.69) is 61.5 Å². The molecular weight excluding hydrogens is 287 g/mol. The molecule has 0 aromatic carbocycles. The minimum absolute atomic E-state index is 0. The average molecular weight is 305 g/mol. The molecule has 2 aliphatic carbocycles. The number of allylic oxidation sites excluding steroid dienone is 8. The molecule has 0 saturated heterocycles. The summed E-state index contributed by atoms with van der Waals surface area (Å²) >= 11 is -1.26. The second-order valence-corrected chi connectivity index (χ2v) is 9.41. The third-order valence-electron chi connectivity index (χ3n) is 3.21. The Bertz CT molecular complexity index is 428. The van der Waals surface area contributed by atoms with Gasteiger partial charge in [-0.3, -0.25) is 0 Å². The maximum absolute atomic E-state index is 2.50. The van der Waals surface area contributed by atoms with Gasteiger partial charge >= 0.3 is 98.5 Å². The summed E-state index contributed by atoms with van der Waals surface area (Å²) in [6, 6.07) is 0. The average Bonchev–Trinajstić information content (AvgIpc) is 2.78. The monoisotopic (exact) mass is 304 g/mol. The van der Waals surface area contributed by atoms with Gasteiger partial charge in [0.15, 0.2) is 0 Å². The molecule has 0 aromatic heterocycles. The first kappa shape index (κ1) is 17.1. The predicted octanol–water partition coefficient (Wildman–Crippen LogP) is -2.03. The SMILES string of the molecule is C/[CH]=[Ti+2](\[C]1=CC=CC1)[C]1(C)C=CC(C)=C1.[Cl-].[Cl-]. The molecule has 0 saturated carbocycles. The molecule has 17 heavy (non-hydrogen) atoms. The zero-order chi connectivity index (χ0) is 10.9. The summed E-state index contributed by atoms with van der Waals surface area (Å²) in [5.41, 5.74) is 1.43. The van der Waals surface area contributed by atoms with Crippen LogP contribution in [-0.4, -0.2) is 4.31 Å². The molecule has 0 N–H and O–H groups in total. The molecule has 0 spiro atoms. The molecular formula is C14H18Cl2Ti. The van der Waals surface area contributed by atoms with Gasteiger partial charge in [0.1, 0.15) is 0 Å². The van der Waals surface area contributed by atoms with Gasteiger partial charge in [-0.15, -0.1) is 0 Å². The number of rotatable bonds is 2. The molecule has 0 heterocycles. The normalized spacial score (nSPS) is 25.1. The molecule has 0 fully saturated rings. The molecule has 92 valence electrons. The van der Waals surface area contributed by atoms with Crippen molar-refractivity contribution in [2.45, 2.75) is 30.9 Å². The van der Waals surface area contributed by atoms with Gasteiger partial charge in [-0.05, 0) is 0 Å². The van der Waals surface area contributed by atoms with Crippen LogP contribution >= 0.6 is 0 Å². The van der Waals surface area contributed by atoms with Gasteiger partial charge in [0.2, 0.25) is 0 Å². The molecule has 0 bridgehead atoms. The molecule has 0 amide bonds. The van der Waals surface area contributed by atoms with Gasteiger partial charge < -0.3 is 24.8 Å². The summed E-state index contributed by atoms with van der Waals surface area (Å²) in [7, 11) is 0. The van der Waals surface area contributed by atoms with Crippen molar-refractivity contribution in [3.63, 3.8) is 0 Å². The Balaban J connectivity index is 0.00000128. The van der Waals surface area contributed by atoms with E-state index in [1.807, 2.05) is 0 Å². The number of halogens is 2. The van der Waals surface area contributed by atoms with Crippen LogP contribution in [0.5, 0.6) is 0 Å². The molecule has 1 atom stereocenters. The van der Waals surface area contributed by atoms with Crippen molar-refractivity contribution >= 4 is 4.31 Å². The topological polar surface area (TPSA) is 0 Å². The van der Waals surface area contributed by atoms with Crippen molar-refractivity contribution in [3.8, 4) is 0 Å². The standard InChI is InChI=1S/C7H9.C5H5.C2H4.2ClH.Ti/c1-6-3-4-7(2)5-6;1-2-4-5-3-1;1-2;;;/h3-5H,1-2H3;1-3H,4H2;1H,2H3;2*1H;/q;;;;;+2/p-2. The van der Waals surface area contributed by atoms with E-state index in [1.54, 1.807) is 3.88 Å². The Morgan fingerprint density at radius 3 is 2.47 bits per heavy atom. The van der Waals surface area contributed by atoms with Crippen LogP contribution in [0.4, 0.5) is 0 Å². The summed E-state index contributed by atoms with van der Waals surface area (Å²) in [6.45, 7) is 6.85. The van der Waals surface area contributed by atoms with Gasteiger partial charge in [-0.25, -0.2) is 0 Å². The van der Waals surface area contributed by atoms with E-state index < -0.39 is 17.4 Å². The van der Waals surface area contributed by atoms with Gasteiger partial charge in [0.25, 0.3) is 0 Å². The van der Waals surface area contributed by atoms with E-state index in [-0.39, 0.29) is 24.8 Å². The van der Waals surface area contributed by atoms with Crippen LogP contribution in [0.1, 0.15) is 27.2 Å². The Kier molecular flexibility index (Phi) is 6.95. The van der Waals surface area contributed by atoms with E-state index in [0.29, 0.717) is 3.72 Å². The summed E-state index contributed by atoms with van der Waals surface area (Å²) in [5.74, 6) is 0. The summed E-state index contributed by atoms with van der Waals surface area (Å²) in [6.07, 6.45) is 15.2. The van der Waals surface area contributed by atoms with Crippen molar-refractivity contribution < 1.29 is 42.2 Å². The maximum Gasteiger partial charge on any atom is -1.00 e. The van der Waals surface area contributed by atoms with Crippen LogP contribution in [0.25, 0.3) is 0 Å². The second-order valence-electron chi connectivity index (χ2n) is 4.53. The molecule has 0 nitrogen and oxygen atoms in total. The van der Waals surface area contributed by atoms with E-state index in [0.717, 1.165) is 0 Å². The molecule has 2 aliphatic rings. The van der Waals surface area contributed by atoms with E-state index in [9.17, 15) is 0 Å². The molecule has 2 rings (SSSR count). The van der Waals surface area contributed by atoms with E-state index >= 15 is 0 Å². The van der Waals surface area contributed by atoms with Crippen LogP contribution in [0.2, 0.25) is 3.72 Å². The summed E-state index contributed by atoms with van der Waals surface area (Å²) in [5, 5.41) is 0. The van der Waals surface area contributed by atoms with Crippen molar-refractivity contribution in [1.82, 2.24) is 0 Å². The Morgan fingerprint density at radius 1 is 1.35 bits per heavy atom. The summed E-state index contributed by atoms with van der Waals surface area (Å²) < 4.78 is 4.56. The Morgan fingerprint density at radius 2 is 2.06 bits per heavy atom. The van der Waals surface area contributed by atoms with Crippen molar-refractivity contribution in [1.29, 1.82) is 0 Å². The summed E-state index contributed by atoms with van der Waals surface area (Å²) in [4.78, 5) is 0. The van der Waals surface area contributed by atoms with E-state index in [1.165, 1.54) is 12.0 Å². The largest absolute Gasteiger partial charge is 1.00 e. The zero-order valence-electron chi connectivity index (χ0n) is 10.5. The minimum Gasteiger partial charge on any atom is -1.00 e. The maximum atomic E-state index is 2.50. The first-order valence-electron chi connectivity index (χ1n) is 5.57. The molecule has 0 aliphatic heterocycles. The van der Waals surface area contributed by atoms with Crippen LogP contribution in [0.15, 0.2) is 45.9 Å². The number of hydrogen-bond donors (Lipinski definition) is 0. The molecule has 0 radical (unpaired) electrons. The van der Waals surface area contributed by atoms with Gasteiger partial charge in [-0.2, -0.15) is 0 Å². The predicted molar refractivity (Wildman–Crippen MR) is 64.8 cm³/mol. The quantitative estimate of drug-likeness (QED) is 0.517. The minimum atomic E-state index is -1.26. The fourth-order valence-electron chi connectivity index (χ4n) is 2.53. The third-order valence-corrected chi connectivity index (χ3v) is 8.07. The fourth-order valence-corrected chi connectivity index (χ4v) is 7.13. The van der Waals surface area contributed by atoms with Gasteiger partial charge in [0.05, 0.1) is 0 Å². The first-order chi connectivity index (χ1) is 7.15. The zero-order valence-corrected chi connectivity index (χ0v) is 13.6. The second kappa shape index (κ2) is 6.90. The first-order valence-corrected chi connectivity index (χ1v) is 8.03. The van der Waals surface area contributed by atoms with E-state index in [4.69, 9.17) is 0 Å². The molecule has 1 unspecified atom stereocenters. The van der Waals surface area contributed by atoms with Crippen molar-refractivity contribution in [3.05, 3.63) is 45.9 Å². The van der Waals surface area contributed by atoms with Gasteiger partial charge in [-0.1, -0.05) is 0 Å². The van der Waals surface area contributed by atoms with Crippen LogP contribution in [0.3, 0.4) is 0 Å². The van der Waals surface area contributed by atoms with Crippen LogP contribution < -0.4 is 24.8 Å². The third kappa shape index (κ3) is 3.54. The smallest absolute Gasteiger partial charge is 1.00 e. The Labute approximate surface area is 123 Å².